The summed E-state index contributed by atoms with van der Waals surface area (Å²) in [6.07, 6.45) is 7.83. The highest BCUT2D eigenvalue weighted by Crippen LogP contribution is 2.07. The molecule has 0 atom stereocenters. The van der Waals surface area contributed by atoms with Crippen molar-refractivity contribution in [3.05, 3.63) is 23.9 Å². The van der Waals surface area contributed by atoms with Crippen molar-refractivity contribution in [2.75, 3.05) is 6.54 Å². The maximum Gasteiger partial charge on any atom is 0.322 e. The maximum absolute atomic E-state index is 10.1. The van der Waals surface area contributed by atoms with Gasteiger partial charge in [0.25, 0.3) is 0 Å². The van der Waals surface area contributed by atoms with Crippen LogP contribution >= 0.6 is 0 Å². The number of carboxylic acid groups (broad SMARTS) is 1. The molecule has 0 aromatic rings. The summed E-state index contributed by atoms with van der Waals surface area (Å²) >= 11 is 0. The van der Waals surface area contributed by atoms with Crippen LogP contribution in [0.15, 0.2) is 23.9 Å². The first kappa shape index (κ1) is 7.85. The number of aliphatic carboxylic acids is 1. The number of rotatable bonds is 3. The molecule has 11 heavy (non-hydrogen) atoms. The van der Waals surface area contributed by atoms with E-state index in [0.29, 0.717) is 0 Å². The van der Waals surface area contributed by atoms with Gasteiger partial charge in [0.1, 0.15) is 6.54 Å². The van der Waals surface area contributed by atoms with Crippen molar-refractivity contribution in [2.24, 2.45) is 0 Å². The van der Waals surface area contributed by atoms with Crippen LogP contribution in [0.3, 0.4) is 0 Å². The molecule has 0 aromatic heterocycles. The Morgan fingerprint density at radius 2 is 2.55 bits per heavy atom. The average Bonchev–Trinajstić information content (AvgIpc) is 2.03. The molecule has 1 aliphatic rings. The van der Waals surface area contributed by atoms with Gasteiger partial charge < -0.3 is 10.4 Å². The molecule has 0 amide bonds. The highest BCUT2D eigenvalue weighted by atomic mass is 16.4. The minimum atomic E-state index is -0.819. The lowest BCUT2D eigenvalue weighted by molar-refractivity contribution is -0.135. The molecule has 1 rings (SSSR count). The van der Waals surface area contributed by atoms with Crippen LogP contribution in [0.1, 0.15) is 12.8 Å². The molecular weight excluding hydrogens is 142 g/mol. The van der Waals surface area contributed by atoms with Crippen LogP contribution in [0.25, 0.3) is 0 Å². The average molecular weight is 153 g/mol. The second kappa shape index (κ2) is 3.81. The number of hydrogen-bond donors (Lipinski definition) is 2. The van der Waals surface area contributed by atoms with Gasteiger partial charge in [-0.25, -0.2) is 0 Å². The fourth-order valence-corrected chi connectivity index (χ4v) is 0.939. The van der Waals surface area contributed by atoms with E-state index in [1.54, 1.807) is 0 Å². The lowest BCUT2D eigenvalue weighted by Crippen LogP contribution is -2.22. The van der Waals surface area contributed by atoms with E-state index in [1.165, 1.54) is 0 Å². The van der Waals surface area contributed by atoms with Crippen molar-refractivity contribution in [1.82, 2.24) is 5.32 Å². The molecule has 0 saturated carbocycles. The number of carbonyl (C=O) groups is 1. The fourth-order valence-electron chi connectivity index (χ4n) is 0.939. The third-order valence-corrected chi connectivity index (χ3v) is 1.48. The first-order valence-electron chi connectivity index (χ1n) is 3.60. The molecule has 0 spiro atoms. The second-order valence-corrected chi connectivity index (χ2v) is 2.41. The smallest absolute Gasteiger partial charge is 0.322 e. The number of allylic oxidation sites excluding steroid dienone is 4. The Balaban J connectivity index is 2.31. The van der Waals surface area contributed by atoms with Crippen LogP contribution in [0.2, 0.25) is 0 Å². The number of hydrogen-bond acceptors (Lipinski definition) is 2. The van der Waals surface area contributed by atoms with Crippen molar-refractivity contribution >= 4 is 5.97 Å². The molecular formula is C8H11NO2. The Hall–Kier alpha value is -1.25. The topological polar surface area (TPSA) is 49.3 Å². The van der Waals surface area contributed by atoms with E-state index in [0.717, 1.165) is 18.5 Å². The Bertz CT molecular complexity index is 206. The zero-order chi connectivity index (χ0) is 8.10. The predicted octanol–water partition coefficient (Wildman–Crippen LogP) is 0.895. The molecule has 1 aliphatic carbocycles. The van der Waals surface area contributed by atoms with Crippen LogP contribution in [0.5, 0.6) is 0 Å². The first-order chi connectivity index (χ1) is 5.29. The molecule has 0 fully saturated rings. The second-order valence-electron chi connectivity index (χ2n) is 2.41. The van der Waals surface area contributed by atoms with Crippen LogP contribution in [-0.4, -0.2) is 17.6 Å². The summed E-state index contributed by atoms with van der Waals surface area (Å²) in [6, 6.07) is 0. The van der Waals surface area contributed by atoms with Gasteiger partial charge in [-0.3, -0.25) is 4.79 Å². The molecule has 0 unspecified atom stereocenters. The number of carboxylic acids is 1. The van der Waals surface area contributed by atoms with Crippen LogP contribution < -0.4 is 5.32 Å². The largest absolute Gasteiger partial charge is 0.480 e. The standard InChI is InChI=1S/C8H11NO2/c10-8(11)6-9-7-4-2-1-3-5-7/h1-2,4,9H,3,5-6H2,(H,10,11). The minimum absolute atomic E-state index is 0.0136. The normalized spacial score (nSPS) is 15.8. The summed E-state index contributed by atoms with van der Waals surface area (Å²) in [5.41, 5.74) is 1.01. The van der Waals surface area contributed by atoms with Crippen LogP contribution in [-0.2, 0) is 4.79 Å². The van der Waals surface area contributed by atoms with E-state index >= 15 is 0 Å². The quantitative estimate of drug-likeness (QED) is 0.633. The van der Waals surface area contributed by atoms with Gasteiger partial charge in [-0.05, 0) is 18.9 Å². The predicted molar refractivity (Wildman–Crippen MR) is 42.1 cm³/mol. The van der Waals surface area contributed by atoms with Crippen LogP contribution in [0.4, 0.5) is 0 Å². The summed E-state index contributed by atoms with van der Waals surface area (Å²) in [5, 5.41) is 11.2. The molecule has 2 N–H and O–H groups in total. The van der Waals surface area contributed by atoms with Gasteiger partial charge in [0, 0.05) is 5.70 Å². The van der Waals surface area contributed by atoms with E-state index in [1.807, 2.05) is 12.2 Å². The number of nitrogens with one attached hydrogen (secondary N) is 1. The van der Waals surface area contributed by atoms with Gasteiger partial charge in [0.15, 0.2) is 0 Å². The van der Waals surface area contributed by atoms with Crippen molar-refractivity contribution in [3.8, 4) is 0 Å². The third kappa shape index (κ3) is 2.89. The van der Waals surface area contributed by atoms with Gasteiger partial charge in [-0.15, -0.1) is 0 Å². The van der Waals surface area contributed by atoms with Gasteiger partial charge in [0.05, 0.1) is 0 Å². The Kier molecular flexibility index (Phi) is 2.72. The van der Waals surface area contributed by atoms with E-state index < -0.39 is 5.97 Å². The highest BCUT2D eigenvalue weighted by molar-refractivity contribution is 5.69. The Labute approximate surface area is 65.4 Å². The SMILES string of the molecule is O=C(O)CNC1=CC=CCC1. The summed E-state index contributed by atoms with van der Waals surface area (Å²) in [5.74, 6) is -0.819. The summed E-state index contributed by atoms with van der Waals surface area (Å²) < 4.78 is 0. The first-order valence-corrected chi connectivity index (χ1v) is 3.60. The van der Waals surface area contributed by atoms with Gasteiger partial charge >= 0.3 is 5.97 Å². The zero-order valence-electron chi connectivity index (χ0n) is 6.21. The lowest BCUT2D eigenvalue weighted by Gasteiger charge is -2.09. The molecule has 0 radical (unpaired) electrons. The van der Waals surface area contributed by atoms with Crippen molar-refractivity contribution in [2.45, 2.75) is 12.8 Å². The Morgan fingerprint density at radius 1 is 1.73 bits per heavy atom. The fraction of sp³-hybridized carbons (Fsp3) is 0.375. The molecule has 0 bridgehead atoms. The van der Waals surface area contributed by atoms with Crippen LogP contribution in [0, 0.1) is 0 Å². The van der Waals surface area contributed by atoms with E-state index in [4.69, 9.17) is 5.11 Å². The molecule has 0 saturated heterocycles. The van der Waals surface area contributed by atoms with Gasteiger partial charge in [0.2, 0.25) is 0 Å². The van der Waals surface area contributed by atoms with Crippen molar-refractivity contribution in [1.29, 1.82) is 0 Å². The molecule has 3 heteroatoms. The van der Waals surface area contributed by atoms with E-state index in [-0.39, 0.29) is 6.54 Å². The molecule has 60 valence electrons. The molecule has 3 nitrogen and oxygen atoms in total. The van der Waals surface area contributed by atoms with E-state index in [9.17, 15) is 4.79 Å². The zero-order valence-corrected chi connectivity index (χ0v) is 6.21. The summed E-state index contributed by atoms with van der Waals surface area (Å²) in [6.45, 7) is 0.0136. The van der Waals surface area contributed by atoms with Gasteiger partial charge in [-0.1, -0.05) is 12.2 Å². The lowest BCUT2D eigenvalue weighted by atomic mass is 10.1. The van der Waals surface area contributed by atoms with E-state index in [2.05, 4.69) is 11.4 Å². The Morgan fingerprint density at radius 3 is 3.09 bits per heavy atom. The molecule has 0 aliphatic heterocycles. The maximum atomic E-state index is 10.1. The third-order valence-electron chi connectivity index (χ3n) is 1.48. The molecule has 0 aromatic carbocycles. The van der Waals surface area contributed by atoms with Crippen molar-refractivity contribution < 1.29 is 9.90 Å². The monoisotopic (exact) mass is 153 g/mol. The minimum Gasteiger partial charge on any atom is -0.480 e. The molecule has 0 heterocycles. The highest BCUT2D eigenvalue weighted by Gasteiger charge is 2.00. The van der Waals surface area contributed by atoms with Gasteiger partial charge in [-0.2, -0.15) is 0 Å². The summed E-state index contributed by atoms with van der Waals surface area (Å²) in [4.78, 5) is 10.1. The summed E-state index contributed by atoms with van der Waals surface area (Å²) in [7, 11) is 0. The van der Waals surface area contributed by atoms with Crippen molar-refractivity contribution in [3.63, 3.8) is 0 Å².